The molecular formula is C16H15BrFN. The van der Waals surface area contributed by atoms with Gasteiger partial charge in [-0.3, -0.25) is 0 Å². The van der Waals surface area contributed by atoms with Crippen LogP contribution in [0.2, 0.25) is 0 Å². The quantitative estimate of drug-likeness (QED) is 0.886. The molecule has 0 amide bonds. The van der Waals surface area contributed by atoms with Gasteiger partial charge in [0, 0.05) is 17.1 Å². The summed E-state index contributed by atoms with van der Waals surface area (Å²) in [4.78, 5) is 0. The minimum atomic E-state index is -0.0854. The third-order valence-electron chi connectivity index (χ3n) is 3.66. The number of nitrogens with one attached hydrogen (secondary N) is 1. The van der Waals surface area contributed by atoms with Gasteiger partial charge in [0.2, 0.25) is 0 Å². The Morgan fingerprint density at radius 3 is 2.68 bits per heavy atom. The van der Waals surface area contributed by atoms with Crippen molar-refractivity contribution in [3.63, 3.8) is 0 Å². The van der Waals surface area contributed by atoms with Gasteiger partial charge in [0.15, 0.2) is 0 Å². The Kier molecular flexibility index (Phi) is 3.67. The second-order valence-corrected chi connectivity index (χ2v) is 5.81. The molecule has 0 saturated carbocycles. The number of hydrogen-bond donors (Lipinski definition) is 1. The molecule has 1 atom stereocenters. The topological polar surface area (TPSA) is 12.0 Å². The fourth-order valence-corrected chi connectivity index (χ4v) is 3.17. The first kappa shape index (κ1) is 12.8. The zero-order valence-corrected chi connectivity index (χ0v) is 12.1. The van der Waals surface area contributed by atoms with E-state index in [0.29, 0.717) is 6.04 Å². The Labute approximate surface area is 121 Å². The van der Waals surface area contributed by atoms with Gasteiger partial charge in [0.05, 0.1) is 0 Å². The Balaban J connectivity index is 1.81. The van der Waals surface area contributed by atoms with E-state index in [1.165, 1.54) is 5.56 Å². The van der Waals surface area contributed by atoms with Crippen molar-refractivity contribution >= 4 is 15.9 Å². The minimum Gasteiger partial charge on any atom is -0.309 e. The molecule has 3 heteroatoms. The second kappa shape index (κ2) is 5.43. The van der Waals surface area contributed by atoms with Crippen molar-refractivity contribution in [3.8, 4) is 0 Å². The van der Waals surface area contributed by atoms with Gasteiger partial charge >= 0.3 is 0 Å². The van der Waals surface area contributed by atoms with Crippen molar-refractivity contribution in [2.75, 3.05) is 0 Å². The molecule has 2 aromatic rings. The molecular weight excluding hydrogens is 305 g/mol. The number of benzene rings is 2. The van der Waals surface area contributed by atoms with Crippen LogP contribution in [0.3, 0.4) is 0 Å². The molecule has 1 nitrogen and oxygen atoms in total. The molecule has 0 saturated heterocycles. The van der Waals surface area contributed by atoms with Gasteiger partial charge in [-0.25, -0.2) is 4.39 Å². The van der Waals surface area contributed by atoms with Crippen molar-refractivity contribution in [2.24, 2.45) is 0 Å². The summed E-state index contributed by atoms with van der Waals surface area (Å²) in [7, 11) is 0. The molecule has 0 aliphatic carbocycles. The second-order valence-electron chi connectivity index (χ2n) is 4.96. The van der Waals surface area contributed by atoms with Crippen LogP contribution in [0, 0.1) is 5.82 Å². The number of rotatable bonds is 2. The lowest BCUT2D eigenvalue weighted by atomic mass is 9.92. The highest BCUT2D eigenvalue weighted by Gasteiger charge is 2.22. The molecule has 19 heavy (non-hydrogen) atoms. The highest BCUT2D eigenvalue weighted by atomic mass is 79.9. The number of hydrogen-bond acceptors (Lipinski definition) is 1. The van der Waals surface area contributed by atoms with Crippen LogP contribution in [0.15, 0.2) is 46.9 Å². The molecule has 3 rings (SSSR count). The average molecular weight is 320 g/mol. The molecule has 0 aromatic heterocycles. The Morgan fingerprint density at radius 1 is 1.11 bits per heavy atom. The largest absolute Gasteiger partial charge is 0.309 e. The summed E-state index contributed by atoms with van der Waals surface area (Å²) in [5.74, 6) is -0.0854. The zero-order valence-electron chi connectivity index (χ0n) is 10.5. The summed E-state index contributed by atoms with van der Waals surface area (Å²) < 4.78 is 14.9. The summed E-state index contributed by atoms with van der Waals surface area (Å²) in [6.07, 6.45) is 1.68. The van der Waals surface area contributed by atoms with Gasteiger partial charge in [0.25, 0.3) is 0 Å². The SMILES string of the molecule is Fc1ccc(Br)c2c1CC(Cc1ccccc1)NC2. The number of halogens is 2. The molecule has 1 aliphatic heterocycles. The summed E-state index contributed by atoms with van der Waals surface area (Å²) >= 11 is 3.50. The fourth-order valence-electron chi connectivity index (χ4n) is 2.66. The smallest absolute Gasteiger partial charge is 0.126 e. The lowest BCUT2D eigenvalue weighted by Crippen LogP contribution is -2.37. The fraction of sp³-hybridized carbons (Fsp3) is 0.250. The maximum atomic E-state index is 13.9. The van der Waals surface area contributed by atoms with E-state index in [2.05, 4.69) is 33.4 Å². The molecule has 1 heterocycles. The average Bonchev–Trinajstić information content (AvgIpc) is 2.44. The van der Waals surface area contributed by atoms with Gasteiger partial charge < -0.3 is 5.32 Å². The van der Waals surface area contributed by atoms with Crippen LogP contribution in [0.1, 0.15) is 16.7 Å². The van der Waals surface area contributed by atoms with Crippen LogP contribution in [0.4, 0.5) is 4.39 Å². The third-order valence-corrected chi connectivity index (χ3v) is 4.40. The highest BCUT2D eigenvalue weighted by molar-refractivity contribution is 9.10. The van der Waals surface area contributed by atoms with E-state index in [1.807, 2.05) is 18.2 Å². The molecule has 2 aromatic carbocycles. The molecule has 0 bridgehead atoms. The predicted molar refractivity (Wildman–Crippen MR) is 78.6 cm³/mol. The normalized spacial score (nSPS) is 18.1. The first-order valence-corrected chi connectivity index (χ1v) is 7.26. The maximum Gasteiger partial charge on any atom is 0.126 e. The summed E-state index contributed by atoms with van der Waals surface area (Å²) in [6.45, 7) is 0.727. The molecule has 1 unspecified atom stereocenters. The summed E-state index contributed by atoms with van der Waals surface area (Å²) in [5, 5.41) is 3.50. The highest BCUT2D eigenvalue weighted by Crippen LogP contribution is 2.28. The molecule has 1 aliphatic rings. The van der Waals surface area contributed by atoms with Crippen molar-refractivity contribution in [1.29, 1.82) is 0 Å². The number of fused-ring (bicyclic) bond motifs is 1. The van der Waals surface area contributed by atoms with E-state index in [4.69, 9.17) is 0 Å². The van der Waals surface area contributed by atoms with Crippen LogP contribution in [0.5, 0.6) is 0 Å². The minimum absolute atomic E-state index is 0.0854. The molecule has 98 valence electrons. The van der Waals surface area contributed by atoms with E-state index in [9.17, 15) is 4.39 Å². The van der Waals surface area contributed by atoms with E-state index in [-0.39, 0.29) is 5.82 Å². The van der Waals surface area contributed by atoms with E-state index in [0.717, 1.165) is 35.0 Å². The predicted octanol–water partition coefficient (Wildman–Crippen LogP) is 3.85. The Hall–Kier alpha value is -1.19. The third kappa shape index (κ3) is 2.72. The molecule has 1 N–H and O–H groups in total. The lowest BCUT2D eigenvalue weighted by Gasteiger charge is -2.27. The zero-order chi connectivity index (χ0) is 13.2. The van der Waals surface area contributed by atoms with Crippen LogP contribution in [-0.4, -0.2) is 6.04 Å². The molecule has 0 fully saturated rings. The van der Waals surface area contributed by atoms with E-state index < -0.39 is 0 Å². The summed E-state index contributed by atoms with van der Waals surface area (Å²) in [6, 6.07) is 14.0. The van der Waals surface area contributed by atoms with Crippen molar-refractivity contribution < 1.29 is 4.39 Å². The maximum absolute atomic E-state index is 13.9. The van der Waals surface area contributed by atoms with Gasteiger partial charge in [-0.05, 0) is 41.7 Å². The van der Waals surface area contributed by atoms with Gasteiger partial charge in [0.1, 0.15) is 5.82 Å². The Morgan fingerprint density at radius 2 is 1.89 bits per heavy atom. The van der Waals surface area contributed by atoms with Crippen molar-refractivity contribution in [2.45, 2.75) is 25.4 Å². The van der Waals surface area contributed by atoms with Gasteiger partial charge in [-0.2, -0.15) is 0 Å². The van der Waals surface area contributed by atoms with E-state index >= 15 is 0 Å². The summed E-state index contributed by atoms with van der Waals surface area (Å²) in [5.41, 5.74) is 3.21. The van der Waals surface area contributed by atoms with Crippen molar-refractivity contribution in [1.82, 2.24) is 5.32 Å². The Bertz CT molecular complexity index is 583. The van der Waals surface area contributed by atoms with E-state index in [1.54, 1.807) is 12.1 Å². The van der Waals surface area contributed by atoms with Gasteiger partial charge in [-0.15, -0.1) is 0 Å². The van der Waals surface area contributed by atoms with Crippen LogP contribution >= 0.6 is 15.9 Å². The first-order valence-electron chi connectivity index (χ1n) is 6.47. The van der Waals surface area contributed by atoms with Crippen molar-refractivity contribution in [3.05, 3.63) is 69.4 Å². The van der Waals surface area contributed by atoms with Crippen LogP contribution in [0.25, 0.3) is 0 Å². The first-order chi connectivity index (χ1) is 9.24. The molecule has 0 radical (unpaired) electrons. The standard InChI is InChI=1S/C16H15BrFN/c17-15-6-7-16(18)13-9-12(19-10-14(13)15)8-11-4-2-1-3-5-11/h1-7,12,19H,8-10H2. The van der Waals surface area contributed by atoms with Crippen LogP contribution < -0.4 is 5.32 Å². The molecule has 0 spiro atoms. The lowest BCUT2D eigenvalue weighted by molar-refractivity contribution is 0.459. The van der Waals surface area contributed by atoms with Crippen LogP contribution in [-0.2, 0) is 19.4 Å². The van der Waals surface area contributed by atoms with Gasteiger partial charge in [-0.1, -0.05) is 46.3 Å². The monoisotopic (exact) mass is 319 g/mol.